The molecular weight excluding hydrogens is 415 g/mol. The first-order valence-electron chi connectivity index (χ1n) is 5.80. The van der Waals surface area contributed by atoms with E-state index in [1.54, 1.807) is 0 Å². The molecule has 0 aromatic rings. The number of nitrogens with two attached hydrogens (primary N) is 1. The standard InChI is InChI=1S/C9H7F13N2O2/c10-4(11,1-2-26-3(25)24-23)5(12,13)6(14,15)7(16,17)8(18,19)9(20,21)22/h1-2,23H2,(H,24,25). The smallest absolute Gasteiger partial charge is 0.448 e. The van der Waals surface area contributed by atoms with E-state index in [4.69, 9.17) is 0 Å². The molecule has 3 N–H and O–H groups in total. The fourth-order valence-electron chi connectivity index (χ4n) is 1.27. The van der Waals surface area contributed by atoms with Crippen molar-refractivity contribution in [3.63, 3.8) is 0 Å². The summed E-state index contributed by atoms with van der Waals surface area (Å²) < 4.78 is 168. The van der Waals surface area contributed by atoms with Crippen molar-refractivity contribution in [1.82, 2.24) is 5.43 Å². The Hall–Kier alpha value is -1.68. The molecule has 156 valence electrons. The molecule has 0 atom stereocenters. The van der Waals surface area contributed by atoms with E-state index in [9.17, 15) is 61.9 Å². The van der Waals surface area contributed by atoms with Crippen LogP contribution < -0.4 is 11.3 Å². The largest absolute Gasteiger partial charge is 0.460 e. The van der Waals surface area contributed by atoms with Gasteiger partial charge in [0.15, 0.2) is 0 Å². The number of nitrogens with one attached hydrogen (secondary N) is 1. The normalized spacial score (nSPS) is 15.0. The van der Waals surface area contributed by atoms with Gasteiger partial charge in [-0.1, -0.05) is 0 Å². The highest BCUT2D eigenvalue weighted by Crippen LogP contribution is 2.60. The summed E-state index contributed by atoms with van der Waals surface area (Å²) in [6.45, 7) is -1.86. The van der Waals surface area contributed by atoms with Gasteiger partial charge in [0, 0.05) is 0 Å². The number of carbonyl (C=O) groups is 1. The van der Waals surface area contributed by atoms with Crippen molar-refractivity contribution in [3.8, 4) is 0 Å². The molecule has 0 rings (SSSR count). The van der Waals surface area contributed by atoms with Gasteiger partial charge in [0.25, 0.3) is 0 Å². The number of hydrogen-bond donors (Lipinski definition) is 2. The molecule has 26 heavy (non-hydrogen) atoms. The second-order valence-electron chi connectivity index (χ2n) is 4.53. The van der Waals surface area contributed by atoms with Crippen molar-refractivity contribution in [2.24, 2.45) is 5.84 Å². The summed E-state index contributed by atoms with van der Waals surface area (Å²) in [6, 6.07) is 0. The molecule has 0 spiro atoms. The van der Waals surface area contributed by atoms with Crippen LogP contribution in [0, 0.1) is 0 Å². The van der Waals surface area contributed by atoms with Crippen LogP contribution in [0.1, 0.15) is 6.42 Å². The fraction of sp³-hybridized carbons (Fsp3) is 0.889. The Morgan fingerprint density at radius 1 is 0.731 bits per heavy atom. The lowest BCUT2D eigenvalue weighted by molar-refractivity contribution is -0.440. The van der Waals surface area contributed by atoms with Gasteiger partial charge in [-0.3, -0.25) is 5.43 Å². The first-order valence-corrected chi connectivity index (χ1v) is 5.80. The molecule has 1 amide bonds. The van der Waals surface area contributed by atoms with Crippen LogP contribution in [-0.2, 0) is 4.74 Å². The zero-order chi connectivity index (χ0) is 21.4. The van der Waals surface area contributed by atoms with Crippen LogP contribution in [0.25, 0.3) is 0 Å². The third-order valence-corrected chi connectivity index (χ3v) is 2.77. The Balaban J connectivity index is 5.81. The molecule has 0 heterocycles. The van der Waals surface area contributed by atoms with Crippen LogP contribution in [0.5, 0.6) is 0 Å². The highest BCUT2D eigenvalue weighted by atomic mass is 19.4. The number of carbonyl (C=O) groups excluding carboxylic acids is 1. The van der Waals surface area contributed by atoms with E-state index in [2.05, 4.69) is 10.6 Å². The molecule has 17 heteroatoms. The molecular formula is C9H7F13N2O2. The van der Waals surface area contributed by atoms with Crippen molar-refractivity contribution in [2.75, 3.05) is 6.61 Å². The van der Waals surface area contributed by atoms with Gasteiger partial charge in [-0.2, -0.15) is 57.1 Å². The van der Waals surface area contributed by atoms with Crippen molar-refractivity contribution in [1.29, 1.82) is 0 Å². The van der Waals surface area contributed by atoms with Gasteiger partial charge in [-0.05, 0) is 0 Å². The minimum atomic E-state index is -7.96. The lowest BCUT2D eigenvalue weighted by Crippen LogP contribution is -2.70. The average molecular weight is 422 g/mol. The van der Waals surface area contributed by atoms with Crippen LogP contribution in [-0.4, -0.2) is 48.5 Å². The number of hydrazine groups is 1. The number of rotatable bonds is 7. The minimum absolute atomic E-state index is 1.10. The maximum Gasteiger partial charge on any atom is 0.460 e. The molecule has 0 saturated heterocycles. The highest BCUT2D eigenvalue weighted by Gasteiger charge is 2.90. The van der Waals surface area contributed by atoms with Crippen LogP contribution in [0.4, 0.5) is 61.9 Å². The first kappa shape index (κ1) is 24.3. The van der Waals surface area contributed by atoms with Crippen LogP contribution in [0.2, 0.25) is 0 Å². The topological polar surface area (TPSA) is 64.3 Å². The second-order valence-corrected chi connectivity index (χ2v) is 4.53. The van der Waals surface area contributed by atoms with Crippen LogP contribution >= 0.6 is 0 Å². The summed E-state index contributed by atoms with van der Waals surface area (Å²) in [5.41, 5.74) is 1.10. The quantitative estimate of drug-likeness (QED) is 0.285. The van der Waals surface area contributed by atoms with Crippen molar-refractivity contribution in [3.05, 3.63) is 0 Å². The van der Waals surface area contributed by atoms with Crippen molar-refractivity contribution < 1.29 is 66.6 Å². The SMILES string of the molecule is NNC(=O)OCCC(F)(F)C(F)(F)C(F)(F)C(F)(F)C(F)(F)C(F)(F)F. The van der Waals surface area contributed by atoms with Gasteiger partial charge in [-0.25, -0.2) is 10.6 Å². The van der Waals surface area contributed by atoms with Crippen molar-refractivity contribution in [2.45, 2.75) is 42.2 Å². The maximum atomic E-state index is 13.1. The zero-order valence-electron chi connectivity index (χ0n) is 11.7. The summed E-state index contributed by atoms with van der Waals surface area (Å²) in [5, 5.41) is 0. The molecule has 0 fully saturated rings. The third-order valence-electron chi connectivity index (χ3n) is 2.77. The molecule has 0 aromatic carbocycles. The molecule has 0 bridgehead atoms. The number of amides is 1. The van der Waals surface area contributed by atoms with Gasteiger partial charge in [-0.15, -0.1) is 0 Å². The van der Waals surface area contributed by atoms with E-state index in [0.29, 0.717) is 0 Å². The summed E-state index contributed by atoms with van der Waals surface area (Å²) >= 11 is 0. The molecule has 0 aliphatic carbocycles. The first-order chi connectivity index (χ1) is 11.2. The predicted molar refractivity (Wildman–Crippen MR) is 54.1 cm³/mol. The predicted octanol–water partition coefficient (Wildman–Crippen LogP) is 3.72. The summed E-state index contributed by atoms with van der Waals surface area (Å²) in [6.07, 6.45) is -11.9. The van der Waals surface area contributed by atoms with Gasteiger partial charge in [0.05, 0.1) is 13.0 Å². The fourth-order valence-corrected chi connectivity index (χ4v) is 1.27. The van der Waals surface area contributed by atoms with E-state index in [1.807, 2.05) is 0 Å². The van der Waals surface area contributed by atoms with E-state index in [0.717, 1.165) is 5.43 Å². The highest BCUT2D eigenvalue weighted by molar-refractivity contribution is 5.66. The van der Waals surface area contributed by atoms with E-state index >= 15 is 0 Å². The molecule has 0 unspecified atom stereocenters. The Bertz CT molecular complexity index is 516. The Kier molecular flexibility index (Phi) is 6.36. The summed E-state index contributed by atoms with van der Waals surface area (Å²) in [5.74, 6) is -32.9. The Morgan fingerprint density at radius 3 is 1.46 bits per heavy atom. The average Bonchev–Trinajstić information content (AvgIpc) is 2.44. The van der Waals surface area contributed by atoms with E-state index < -0.39 is 54.9 Å². The number of hydrogen-bond acceptors (Lipinski definition) is 3. The van der Waals surface area contributed by atoms with Crippen LogP contribution in [0.3, 0.4) is 0 Å². The molecule has 4 nitrogen and oxygen atoms in total. The van der Waals surface area contributed by atoms with E-state index in [1.165, 1.54) is 0 Å². The molecule has 0 aliphatic heterocycles. The monoisotopic (exact) mass is 422 g/mol. The zero-order valence-corrected chi connectivity index (χ0v) is 11.7. The molecule has 0 aliphatic rings. The third kappa shape index (κ3) is 3.71. The van der Waals surface area contributed by atoms with Crippen molar-refractivity contribution >= 4 is 6.09 Å². The van der Waals surface area contributed by atoms with Gasteiger partial charge in [0.1, 0.15) is 0 Å². The maximum absolute atomic E-state index is 13.1. The summed E-state index contributed by atoms with van der Waals surface area (Å²) in [7, 11) is 0. The Labute approximate surface area is 134 Å². The van der Waals surface area contributed by atoms with Crippen LogP contribution in [0.15, 0.2) is 0 Å². The van der Waals surface area contributed by atoms with Gasteiger partial charge >= 0.3 is 41.9 Å². The van der Waals surface area contributed by atoms with Gasteiger partial charge < -0.3 is 4.74 Å². The lowest BCUT2D eigenvalue weighted by Gasteiger charge is -2.39. The molecule has 0 aromatic heterocycles. The van der Waals surface area contributed by atoms with E-state index in [-0.39, 0.29) is 0 Å². The summed E-state index contributed by atoms with van der Waals surface area (Å²) in [4.78, 5) is 10.4. The Morgan fingerprint density at radius 2 is 1.12 bits per heavy atom. The number of alkyl halides is 13. The molecule has 0 radical (unpaired) electrons. The lowest BCUT2D eigenvalue weighted by atomic mass is 9.93. The number of ether oxygens (including phenoxy) is 1. The number of halogens is 13. The second kappa shape index (κ2) is 6.80. The minimum Gasteiger partial charge on any atom is -0.448 e. The molecule has 0 saturated carbocycles. The van der Waals surface area contributed by atoms with Gasteiger partial charge in [0.2, 0.25) is 0 Å².